The third kappa shape index (κ3) is 5.12. The van der Waals surface area contributed by atoms with Crippen LogP contribution in [0.1, 0.15) is 35.8 Å². The molecule has 7 nitrogen and oxygen atoms in total. The van der Waals surface area contributed by atoms with Gasteiger partial charge in [-0.3, -0.25) is 9.78 Å². The number of nitrogens with zero attached hydrogens (tertiary/aromatic N) is 2. The van der Waals surface area contributed by atoms with E-state index in [0.29, 0.717) is 49.6 Å². The normalized spacial score (nSPS) is 16.9. The molecule has 0 atom stereocenters. The number of aromatic nitrogens is 1. The lowest BCUT2D eigenvalue weighted by Crippen LogP contribution is -2.52. The number of carbonyl (C=O) groups excluding carboxylic acids is 1. The zero-order valence-corrected chi connectivity index (χ0v) is 18.9. The van der Waals surface area contributed by atoms with Crippen LogP contribution in [0, 0.1) is 0 Å². The largest absolute Gasteiger partial charge is 0.351 e. The molecule has 0 unspecified atom stereocenters. The average molecular weight is 471 g/mol. The topological polar surface area (TPSA) is 91.4 Å². The first-order chi connectivity index (χ1) is 14.3. The van der Waals surface area contributed by atoms with Gasteiger partial charge in [0.15, 0.2) is 0 Å². The summed E-state index contributed by atoms with van der Waals surface area (Å²) < 4.78 is 28.7. The summed E-state index contributed by atoms with van der Waals surface area (Å²) in [5, 5.41) is 3.69. The van der Waals surface area contributed by atoms with Crippen molar-refractivity contribution < 1.29 is 13.2 Å². The van der Waals surface area contributed by atoms with Gasteiger partial charge in [0.05, 0.1) is 10.6 Å². The Morgan fingerprint density at radius 3 is 2.53 bits per heavy atom. The molecule has 1 aliphatic heterocycles. The second-order valence-electron chi connectivity index (χ2n) is 7.20. The van der Waals surface area contributed by atoms with Crippen LogP contribution in [0.15, 0.2) is 42.6 Å². The highest BCUT2D eigenvalue weighted by molar-refractivity contribution is 7.87. The minimum absolute atomic E-state index is 0.276. The summed E-state index contributed by atoms with van der Waals surface area (Å²) in [6, 6.07) is 10.4. The molecule has 0 saturated carbocycles. The fourth-order valence-corrected chi connectivity index (χ4v) is 5.35. The lowest BCUT2D eigenvalue weighted by atomic mass is 9.75. The van der Waals surface area contributed by atoms with Crippen LogP contribution in [-0.4, -0.2) is 49.8 Å². The molecule has 2 N–H and O–H groups in total. The third-order valence-corrected chi connectivity index (χ3v) is 7.56. The highest BCUT2D eigenvalue weighted by atomic mass is 35.5. The molecule has 3 rings (SSSR count). The maximum Gasteiger partial charge on any atom is 0.279 e. The number of piperidine rings is 1. The van der Waals surface area contributed by atoms with Gasteiger partial charge in [-0.05, 0) is 43.2 Å². The highest BCUT2D eigenvalue weighted by Crippen LogP contribution is 2.35. The van der Waals surface area contributed by atoms with E-state index in [1.54, 1.807) is 25.3 Å². The summed E-state index contributed by atoms with van der Waals surface area (Å²) >= 11 is 12.1. The lowest BCUT2D eigenvalue weighted by Gasteiger charge is -2.41. The van der Waals surface area contributed by atoms with Crippen LogP contribution in [0.25, 0.3) is 0 Å². The predicted molar refractivity (Wildman–Crippen MR) is 118 cm³/mol. The van der Waals surface area contributed by atoms with Gasteiger partial charge in [-0.1, -0.05) is 36.2 Å². The van der Waals surface area contributed by atoms with Gasteiger partial charge in [-0.25, -0.2) is 4.72 Å². The Hall–Kier alpha value is -1.71. The van der Waals surface area contributed by atoms with E-state index in [-0.39, 0.29) is 10.9 Å². The molecule has 1 saturated heterocycles. The predicted octanol–water partition coefficient (Wildman–Crippen LogP) is 3.01. The van der Waals surface area contributed by atoms with Crippen LogP contribution in [0.3, 0.4) is 0 Å². The number of hydrogen-bond donors (Lipinski definition) is 2. The van der Waals surface area contributed by atoms with Crippen molar-refractivity contribution in [1.29, 1.82) is 0 Å². The minimum Gasteiger partial charge on any atom is -0.351 e. The van der Waals surface area contributed by atoms with E-state index in [9.17, 15) is 13.2 Å². The number of pyridine rings is 1. The molecule has 0 bridgehead atoms. The quantitative estimate of drug-likeness (QED) is 0.650. The van der Waals surface area contributed by atoms with Gasteiger partial charge in [0.2, 0.25) is 0 Å². The molecule has 1 aliphatic rings. The molecule has 30 heavy (non-hydrogen) atoms. The van der Waals surface area contributed by atoms with Gasteiger partial charge >= 0.3 is 0 Å². The Labute approximate surface area is 187 Å². The van der Waals surface area contributed by atoms with Crippen molar-refractivity contribution in [2.24, 2.45) is 0 Å². The Kier molecular flexibility index (Phi) is 7.36. The third-order valence-electron chi connectivity index (χ3n) is 5.32. The molecule has 2 heterocycles. The first-order valence-corrected chi connectivity index (χ1v) is 11.9. The monoisotopic (exact) mass is 470 g/mol. The van der Waals surface area contributed by atoms with E-state index in [1.165, 1.54) is 10.4 Å². The fourth-order valence-electron chi connectivity index (χ4n) is 3.65. The highest BCUT2D eigenvalue weighted by Gasteiger charge is 2.40. The van der Waals surface area contributed by atoms with Crippen molar-refractivity contribution in [1.82, 2.24) is 19.3 Å². The molecule has 0 spiro atoms. The van der Waals surface area contributed by atoms with Crippen molar-refractivity contribution in [2.75, 3.05) is 26.2 Å². The Balaban J connectivity index is 1.78. The maximum absolute atomic E-state index is 12.7. The summed E-state index contributed by atoms with van der Waals surface area (Å²) in [7, 11) is -3.50. The molecule has 10 heteroatoms. The molecular weight excluding hydrogens is 447 g/mol. The van der Waals surface area contributed by atoms with Crippen LogP contribution in [0.5, 0.6) is 0 Å². The Morgan fingerprint density at radius 1 is 1.20 bits per heavy atom. The van der Waals surface area contributed by atoms with Crippen LogP contribution < -0.4 is 10.0 Å². The van der Waals surface area contributed by atoms with Crippen LogP contribution in [0.2, 0.25) is 10.0 Å². The number of carbonyl (C=O) groups is 1. The van der Waals surface area contributed by atoms with E-state index in [4.69, 9.17) is 23.2 Å². The van der Waals surface area contributed by atoms with Crippen LogP contribution >= 0.6 is 23.2 Å². The number of hydrogen-bond acceptors (Lipinski definition) is 4. The molecule has 1 aromatic heterocycles. The summed E-state index contributed by atoms with van der Waals surface area (Å²) in [4.78, 5) is 17.2. The van der Waals surface area contributed by atoms with Crippen molar-refractivity contribution in [2.45, 2.75) is 25.2 Å². The first kappa shape index (κ1) is 23.0. The van der Waals surface area contributed by atoms with E-state index < -0.39 is 15.6 Å². The number of benzene rings is 1. The number of rotatable bonds is 7. The van der Waals surface area contributed by atoms with Crippen LogP contribution in [-0.2, 0) is 15.6 Å². The van der Waals surface area contributed by atoms with Crippen LogP contribution in [0.4, 0.5) is 0 Å². The smallest absolute Gasteiger partial charge is 0.279 e. The van der Waals surface area contributed by atoms with Gasteiger partial charge in [0.1, 0.15) is 0 Å². The SMILES string of the molecule is CCNS(=O)(=O)N1CCC(CNC(=O)c2ccc(Cl)cc2Cl)(c2ccccn2)CC1. The van der Waals surface area contributed by atoms with Gasteiger partial charge in [0, 0.05) is 48.5 Å². The Morgan fingerprint density at radius 2 is 1.93 bits per heavy atom. The molecular formula is C20H24Cl2N4O3S. The molecule has 0 aliphatic carbocycles. The Bertz CT molecular complexity index is 994. The summed E-state index contributed by atoms with van der Waals surface area (Å²) in [5.74, 6) is -0.310. The first-order valence-electron chi connectivity index (χ1n) is 9.67. The minimum atomic E-state index is -3.50. The zero-order chi connectivity index (χ0) is 21.8. The zero-order valence-electron chi connectivity index (χ0n) is 16.6. The van der Waals surface area contributed by atoms with Gasteiger partial charge in [-0.15, -0.1) is 0 Å². The average Bonchev–Trinajstić information content (AvgIpc) is 2.73. The lowest BCUT2D eigenvalue weighted by molar-refractivity contribution is 0.0932. The van der Waals surface area contributed by atoms with Crippen molar-refractivity contribution in [3.8, 4) is 0 Å². The van der Waals surface area contributed by atoms with Crippen molar-refractivity contribution >= 4 is 39.3 Å². The maximum atomic E-state index is 12.7. The van der Waals surface area contributed by atoms with Gasteiger partial charge in [0.25, 0.3) is 16.1 Å². The van der Waals surface area contributed by atoms with E-state index in [0.717, 1.165) is 5.69 Å². The standard InChI is InChI=1S/C20H24Cl2N4O3S/c1-2-25-30(28,29)26-11-8-20(9-12-26,18-5-3-4-10-23-18)14-24-19(27)16-7-6-15(21)13-17(16)22/h3-7,10,13,25H,2,8-9,11-12,14H2,1H3,(H,24,27). The summed E-state index contributed by atoms with van der Waals surface area (Å²) in [5.41, 5.74) is 0.686. The number of halogens is 2. The number of amides is 1. The van der Waals surface area contributed by atoms with Crippen molar-refractivity contribution in [3.63, 3.8) is 0 Å². The number of nitrogens with one attached hydrogen (secondary N) is 2. The molecule has 2 aromatic rings. The van der Waals surface area contributed by atoms with E-state index in [1.807, 2.05) is 18.2 Å². The van der Waals surface area contributed by atoms with Gasteiger partial charge < -0.3 is 5.32 Å². The van der Waals surface area contributed by atoms with E-state index in [2.05, 4.69) is 15.0 Å². The molecule has 1 aromatic carbocycles. The second-order valence-corrected chi connectivity index (χ2v) is 9.80. The second kappa shape index (κ2) is 9.62. The summed E-state index contributed by atoms with van der Waals surface area (Å²) in [6.07, 6.45) is 2.77. The molecule has 1 fully saturated rings. The van der Waals surface area contributed by atoms with Gasteiger partial charge in [-0.2, -0.15) is 12.7 Å². The summed E-state index contributed by atoms with van der Waals surface area (Å²) in [6.45, 7) is 3.07. The molecule has 162 valence electrons. The van der Waals surface area contributed by atoms with Crippen molar-refractivity contribution in [3.05, 3.63) is 63.9 Å². The molecule has 1 amide bonds. The molecule has 0 radical (unpaired) electrons. The van der Waals surface area contributed by atoms with E-state index >= 15 is 0 Å². The fraction of sp³-hybridized carbons (Fsp3) is 0.400.